The summed E-state index contributed by atoms with van der Waals surface area (Å²) in [7, 11) is 0. The van der Waals surface area contributed by atoms with Gasteiger partial charge in [0.25, 0.3) is 11.8 Å². The number of ether oxygens (including phenoxy) is 2. The van der Waals surface area contributed by atoms with Gasteiger partial charge in [0.15, 0.2) is 11.5 Å². The summed E-state index contributed by atoms with van der Waals surface area (Å²) in [6, 6.07) is 18.3. The third-order valence-corrected chi connectivity index (χ3v) is 6.93. The zero-order valence-electron chi connectivity index (χ0n) is 18.0. The standard InChI is InChI=1S/C25H19Br2ClN2O4/c1-2-33-20-13-16(12-19-24(31)29-30(25(19)32)18-6-4-3-5-7-18)21(27)22(28)23(20)34-14-15-8-10-17(26)11-9-15/h3-13H,2,14H2,1H3,(H,29,31)/b19-12-. The normalized spacial score (nSPS) is 14.5. The van der Waals surface area contributed by atoms with Crippen LogP contribution < -0.4 is 19.9 Å². The monoisotopic (exact) mass is 604 g/mol. The maximum atomic E-state index is 12.9. The molecule has 3 aromatic carbocycles. The van der Waals surface area contributed by atoms with Crippen LogP contribution in [0.5, 0.6) is 11.5 Å². The molecule has 9 heteroatoms. The van der Waals surface area contributed by atoms with Crippen molar-refractivity contribution >= 4 is 67.0 Å². The molecule has 0 radical (unpaired) electrons. The Morgan fingerprint density at radius 3 is 2.41 bits per heavy atom. The molecule has 1 N–H and O–H groups in total. The molecule has 34 heavy (non-hydrogen) atoms. The number of hydrogen-bond donors (Lipinski definition) is 1. The molecule has 0 aromatic heterocycles. The molecule has 0 unspecified atom stereocenters. The summed E-state index contributed by atoms with van der Waals surface area (Å²) in [5, 5.41) is 1.49. The van der Waals surface area contributed by atoms with E-state index in [4.69, 9.17) is 21.1 Å². The van der Waals surface area contributed by atoms with Crippen LogP contribution in [-0.4, -0.2) is 18.4 Å². The number of halogens is 3. The maximum Gasteiger partial charge on any atom is 0.282 e. The lowest BCUT2D eigenvalue weighted by atomic mass is 10.1. The number of hydrazine groups is 1. The number of carbonyl (C=O) groups excluding carboxylic acids is 2. The third kappa shape index (κ3) is 5.14. The average molecular weight is 607 g/mol. The van der Waals surface area contributed by atoms with E-state index in [9.17, 15) is 9.59 Å². The SMILES string of the molecule is CCOc1cc(/C=C2/C(=O)NN(c3ccccc3)C2=O)c(Br)c(Cl)c1OCc1ccc(Br)cc1. The molecule has 0 saturated carbocycles. The van der Waals surface area contributed by atoms with Gasteiger partial charge >= 0.3 is 0 Å². The van der Waals surface area contributed by atoms with Gasteiger partial charge in [-0.3, -0.25) is 15.0 Å². The second kappa shape index (κ2) is 10.6. The van der Waals surface area contributed by atoms with Gasteiger partial charge in [-0.25, -0.2) is 5.01 Å². The van der Waals surface area contributed by atoms with E-state index in [2.05, 4.69) is 37.3 Å². The molecule has 174 valence electrons. The molecule has 0 bridgehead atoms. The van der Waals surface area contributed by atoms with Gasteiger partial charge in [0.1, 0.15) is 17.2 Å². The quantitative estimate of drug-likeness (QED) is 0.253. The molecule has 4 rings (SSSR count). The number of nitrogens with zero attached hydrogens (tertiary/aromatic N) is 1. The Morgan fingerprint density at radius 2 is 1.74 bits per heavy atom. The van der Waals surface area contributed by atoms with Crippen LogP contribution in [0.3, 0.4) is 0 Å². The minimum Gasteiger partial charge on any atom is -0.490 e. The van der Waals surface area contributed by atoms with E-state index in [1.807, 2.05) is 37.3 Å². The smallest absolute Gasteiger partial charge is 0.282 e. The number of nitrogens with one attached hydrogen (secondary N) is 1. The second-order valence-corrected chi connectivity index (χ2v) is 9.33. The van der Waals surface area contributed by atoms with Gasteiger partial charge < -0.3 is 9.47 Å². The molecular formula is C25H19Br2ClN2O4. The first-order chi connectivity index (χ1) is 16.4. The van der Waals surface area contributed by atoms with Gasteiger partial charge in [0.05, 0.1) is 12.3 Å². The minimum absolute atomic E-state index is 0.0217. The molecule has 6 nitrogen and oxygen atoms in total. The zero-order chi connectivity index (χ0) is 24.2. The highest BCUT2D eigenvalue weighted by atomic mass is 79.9. The summed E-state index contributed by atoms with van der Waals surface area (Å²) in [4.78, 5) is 25.5. The fourth-order valence-electron chi connectivity index (χ4n) is 3.31. The van der Waals surface area contributed by atoms with Gasteiger partial charge in [0.2, 0.25) is 0 Å². The van der Waals surface area contributed by atoms with E-state index in [0.29, 0.717) is 33.8 Å². The van der Waals surface area contributed by atoms with Crippen LogP contribution in [0, 0.1) is 0 Å². The summed E-state index contributed by atoms with van der Waals surface area (Å²) < 4.78 is 13.2. The number of hydrogen-bond acceptors (Lipinski definition) is 4. The molecule has 0 spiro atoms. The number of anilines is 1. The van der Waals surface area contributed by atoms with Crippen molar-refractivity contribution in [3.05, 3.63) is 91.3 Å². The van der Waals surface area contributed by atoms with Gasteiger partial charge in [-0.15, -0.1) is 0 Å². The molecule has 1 saturated heterocycles. The highest BCUT2D eigenvalue weighted by Crippen LogP contribution is 2.44. The summed E-state index contributed by atoms with van der Waals surface area (Å²) >= 11 is 13.5. The lowest BCUT2D eigenvalue weighted by Gasteiger charge is -2.16. The van der Waals surface area contributed by atoms with Crippen LogP contribution >= 0.6 is 43.5 Å². The summed E-state index contributed by atoms with van der Waals surface area (Å²) in [6.07, 6.45) is 1.48. The van der Waals surface area contributed by atoms with Crippen molar-refractivity contribution in [2.45, 2.75) is 13.5 Å². The van der Waals surface area contributed by atoms with Crippen molar-refractivity contribution in [3.8, 4) is 11.5 Å². The largest absolute Gasteiger partial charge is 0.490 e. The first-order valence-electron chi connectivity index (χ1n) is 10.3. The lowest BCUT2D eigenvalue weighted by Crippen LogP contribution is -2.35. The summed E-state index contributed by atoms with van der Waals surface area (Å²) in [5.74, 6) is -0.197. The van der Waals surface area contributed by atoms with Crippen molar-refractivity contribution in [2.75, 3.05) is 11.6 Å². The van der Waals surface area contributed by atoms with E-state index < -0.39 is 11.8 Å². The van der Waals surface area contributed by atoms with Crippen LogP contribution in [0.15, 0.2) is 75.2 Å². The van der Waals surface area contributed by atoms with Crippen LogP contribution in [0.2, 0.25) is 5.02 Å². The van der Waals surface area contributed by atoms with Crippen LogP contribution in [0.25, 0.3) is 6.08 Å². The highest BCUT2D eigenvalue weighted by molar-refractivity contribution is 9.10. The first-order valence-corrected chi connectivity index (χ1v) is 12.3. The number of rotatable bonds is 7. The van der Waals surface area contributed by atoms with Crippen molar-refractivity contribution in [3.63, 3.8) is 0 Å². The van der Waals surface area contributed by atoms with E-state index >= 15 is 0 Å². The molecule has 2 amide bonds. The molecule has 0 atom stereocenters. The van der Waals surface area contributed by atoms with E-state index in [1.165, 1.54) is 11.1 Å². The Labute approximate surface area is 218 Å². The van der Waals surface area contributed by atoms with E-state index in [1.54, 1.807) is 30.3 Å². The van der Waals surface area contributed by atoms with Gasteiger partial charge in [0, 0.05) is 8.95 Å². The topological polar surface area (TPSA) is 67.9 Å². The zero-order valence-corrected chi connectivity index (χ0v) is 21.9. The Hall–Kier alpha value is -2.81. The molecule has 0 aliphatic carbocycles. The number of amides is 2. The van der Waals surface area contributed by atoms with E-state index in [0.717, 1.165) is 10.0 Å². The Balaban J connectivity index is 1.66. The predicted octanol–water partition coefficient (Wildman–Crippen LogP) is 6.30. The molecule has 1 fully saturated rings. The Kier molecular flexibility index (Phi) is 7.60. The fourth-order valence-corrected chi connectivity index (χ4v) is 4.24. The second-order valence-electron chi connectivity index (χ2n) is 7.24. The molecule has 1 heterocycles. The van der Waals surface area contributed by atoms with Gasteiger partial charge in [-0.1, -0.05) is 57.9 Å². The van der Waals surface area contributed by atoms with Crippen molar-refractivity contribution in [2.24, 2.45) is 0 Å². The van der Waals surface area contributed by atoms with Gasteiger partial charge in [-0.2, -0.15) is 0 Å². The average Bonchev–Trinajstić information content (AvgIpc) is 3.12. The van der Waals surface area contributed by atoms with Gasteiger partial charge in [-0.05, 0) is 70.4 Å². The Morgan fingerprint density at radius 1 is 1.03 bits per heavy atom. The third-order valence-electron chi connectivity index (χ3n) is 4.96. The number of para-hydroxylation sites is 1. The minimum atomic E-state index is -0.509. The maximum absolute atomic E-state index is 12.9. The predicted molar refractivity (Wildman–Crippen MR) is 139 cm³/mol. The highest BCUT2D eigenvalue weighted by Gasteiger charge is 2.34. The molecular weight excluding hydrogens is 588 g/mol. The van der Waals surface area contributed by atoms with Crippen molar-refractivity contribution in [1.29, 1.82) is 0 Å². The van der Waals surface area contributed by atoms with Crippen LogP contribution in [0.1, 0.15) is 18.1 Å². The number of carbonyl (C=O) groups is 2. The van der Waals surface area contributed by atoms with E-state index in [-0.39, 0.29) is 17.2 Å². The molecule has 1 aliphatic rings. The van der Waals surface area contributed by atoms with Crippen molar-refractivity contribution < 1.29 is 19.1 Å². The summed E-state index contributed by atoms with van der Waals surface area (Å²) in [6.45, 7) is 2.51. The Bertz CT molecular complexity index is 1260. The molecule has 1 aliphatic heterocycles. The summed E-state index contributed by atoms with van der Waals surface area (Å²) in [5.41, 5.74) is 4.60. The molecule has 3 aromatic rings. The van der Waals surface area contributed by atoms with Crippen LogP contribution in [-0.2, 0) is 16.2 Å². The number of benzene rings is 3. The van der Waals surface area contributed by atoms with Crippen LogP contribution in [0.4, 0.5) is 5.69 Å². The van der Waals surface area contributed by atoms with Crippen molar-refractivity contribution in [1.82, 2.24) is 5.43 Å². The lowest BCUT2D eigenvalue weighted by molar-refractivity contribution is -0.117. The first kappa shape index (κ1) is 24.3. The fraction of sp³-hybridized carbons (Fsp3) is 0.120.